The zero-order valence-corrected chi connectivity index (χ0v) is 9.76. The smallest absolute Gasteiger partial charge is 0.127 e. The van der Waals surface area contributed by atoms with Gasteiger partial charge in [0, 0.05) is 25.5 Å². The zero-order valence-electron chi connectivity index (χ0n) is 7.61. The summed E-state index contributed by atoms with van der Waals surface area (Å²) in [5.74, 6) is 0.841. The molecule has 0 bridgehead atoms. The molecular weight excluding hydrogens is 291 g/mol. The van der Waals surface area contributed by atoms with E-state index in [4.69, 9.17) is 0 Å². The molecule has 2 aromatic rings. The van der Waals surface area contributed by atoms with Crippen molar-refractivity contribution in [2.24, 2.45) is 0 Å². The molecule has 14 heavy (non-hydrogen) atoms. The van der Waals surface area contributed by atoms with Gasteiger partial charge in [-0.25, -0.2) is 9.67 Å². The Balaban J connectivity index is 2.41. The van der Waals surface area contributed by atoms with Crippen molar-refractivity contribution >= 4 is 28.4 Å². The van der Waals surface area contributed by atoms with Crippen molar-refractivity contribution in [3.8, 4) is 5.69 Å². The fourth-order valence-corrected chi connectivity index (χ4v) is 1.53. The van der Waals surface area contributed by atoms with E-state index >= 15 is 0 Å². The van der Waals surface area contributed by atoms with Crippen LogP contribution in [0.3, 0.4) is 0 Å². The molecule has 2 heterocycles. The summed E-state index contributed by atoms with van der Waals surface area (Å²) in [5, 5.41) is 7.20. The van der Waals surface area contributed by atoms with E-state index in [-0.39, 0.29) is 0 Å². The van der Waals surface area contributed by atoms with Gasteiger partial charge in [0.05, 0.1) is 15.5 Å². The van der Waals surface area contributed by atoms with E-state index in [2.05, 4.69) is 38.0 Å². The lowest BCUT2D eigenvalue weighted by Crippen LogP contribution is -1.97. The number of pyridine rings is 1. The van der Waals surface area contributed by atoms with Gasteiger partial charge in [-0.1, -0.05) is 0 Å². The molecule has 1 N–H and O–H groups in total. The molecule has 0 aromatic carbocycles. The zero-order chi connectivity index (χ0) is 9.97. The number of hydrogen-bond donors (Lipinski definition) is 1. The van der Waals surface area contributed by atoms with Gasteiger partial charge in [-0.05, 0) is 28.7 Å². The van der Waals surface area contributed by atoms with Gasteiger partial charge < -0.3 is 5.32 Å². The molecule has 0 radical (unpaired) electrons. The largest absolute Gasteiger partial charge is 0.373 e. The lowest BCUT2D eigenvalue weighted by atomic mass is 10.4. The Hall–Kier alpha value is -1.11. The predicted octanol–water partition coefficient (Wildman–Crippen LogP) is 1.91. The molecule has 72 valence electrons. The first kappa shape index (κ1) is 9.45. The molecule has 0 aliphatic rings. The van der Waals surface area contributed by atoms with Gasteiger partial charge in [-0.2, -0.15) is 5.10 Å². The summed E-state index contributed by atoms with van der Waals surface area (Å²) in [4.78, 5) is 4.14. The summed E-state index contributed by atoms with van der Waals surface area (Å²) < 4.78 is 2.94. The van der Waals surface area contributed by atoms with Crippen molar-refractivity contribution in [1.29, 1.82) is 0 Å². The molecule has 0 fully saturated rings. The van der Waals surface area contributed by atoms with Crippen LogP contribution in [-0.4, -0.2) is 21.8 Å². The first-order valence-electron chi connectivity index (χ1n) is 4.14. The van der Waals surface area contributed by atoms with E-state index in [0.717, 1.165) is 15.1 Å². The SMILES string of the molecule is CNc1cc(-n2cc(I)cn2)ccn1. The van der Waals surface area contributed by atoms with Crippen LogP contribution in [0.25, 0.3) is 5.69 Å². The van der Waals surface area contributed by atoms with Crippen molar-refractivity contribution in [2.75, 3.05) is 12.4 Å². The van der Waals surface area contributed by atoms with Gasteiger partial charge in [0.2, 0.25) is 0 Å². The minimum absolute atomic E-state index is 0.841. The molecule has 0 saturated heterocycles. The fourth-order valence-electron chi connectivity index (χ4n) is 1.14. The molecule has 5 heteroatoms. The van der Waals surface area contributed by atoms with Crippen molar-refractivity contribution in [3.05, 3.63) is 34.3 Å². The van der Waals surface area contributed by atoms with Crippen molar-refractivity contribution < 1.29 is 0 Å². The minimum atomic E-state index is 0.841. The van der Waals surface area contributed by atoms with Crippen molar-refractivity contribution in [1.82, 2.24) is 14.8 Å². The summed E-state index contributed by atoms with van der Waals surface area (Å²) in [6.07, 6.45) is 5.55. The number of anilines is 1. The Morgan fingerprint density at radius 1 is 1.50 bits per heavy atom. The molecule has 0 spiro atoms. The number of hydrogen-bond acceptors (Lipinski definition) is 3. The highest BCUT2D eigenvalue weighted by Gasteiger charge is 1.99. The van der Waals surface area contributed by atoms with Crippen LogP contribution in [0.1, 0.15) is 0 Å². The Labute approximate surface area is 95.5 Å². The Morgan fingerprint density at radius 2 is 2.36 bits per heavy atom. The molecule has 0 atom stereocenters. The highest BCUT2D eigenvalue weighted by atomic mass is 127. The molecule has 2 rings (SSSR count). The van der Waals surface area contributed by atoms with Gasteiger partial charge in [0.1, 0.15) is 5.82 Å². The topological polar surface area (TPSA) is 42.7 Å². The second-order valence-corrected chi connectivity index (χ2v) is 4.00. The third-order valence-electron chi connectivity index (χ3n) is 1.82. The van der Waals surface area contributed by atoms with Gasteiger partial charge in [-0.3, -0.25) is 0 Å². The van der Waals surface area contributed by atoms with Crippen LogP contribution in [0.5, 0.6) is 0 Å². The molecule has 0 amide bonds. The van der Waals surface area contributed by atoms with Gasteiger partial charge in [0.15, 0.2) is 0 Å². The number of nitrogens with zero attached hydrogens (tertiary/aromatic N) is 3. The first-order valence-corrected chi connectivity index (χ1v) is 5.22. The van der Waals surface area contributed by atoms with Gasteiger partial charge >= 0.3 is 0 Å². The van der Waals surface area contributed by atoms with E-state index in [9.17, 15) is 0 Å². The lowest BCUT2D eigenvalue weighted by molar-refractivity contribution is 0.878. The predicted molar refractivity (Wildman–Crippen MR) is 63.6 cm³/mol. The number of rotatable bonds is 2. The number of aromatic nitrogens is 3. The van der Waals surface area contributed by atoms with E-state index in [1.165, 1.54) is 0 Å². The fraction of sp³-hybridized carbons (Fsp3) is 0.111. The van der Waals surface area contributed by atoms with E-state index < -0.39 is 0 Å². The number of nitrogens with one attached hydrogen (secondary N) is 1. The van der Waals surface area contributed by atoms with Crippen LogP contribution < -0.4 is 5.32 Å². The third-order valence-corrected chi connectivity index (χ3v) is 2.37. The Kier molecular flexibility index (Phi) is 2.67. The monoisotopic (exact) mass is 300 g/mol. The van der Waals surface area contributed by atoms with Crippen LogP contribution in [0.15, 0.2) is 30.7 Å². The van der Waals surface area contributed by atoms with Crippen LogP contribution in [-0.2, 0) is 0 Å². The Morgan fingerprint density at radius 3 is 3.00 bits per heavy atom. The van der Waals surface area contributed by atoms with Crippen LogP contribution in [0.2, 0.25) is 0 Å². The van der Waals surface area contributed by atoms with Crippen molar-refractivity contribution in [2.45, 2.75) is 0 Å². The summed E-state index contributed by atoms with van der Waals surface area (Å²) in [6.45, 7) is 0. The average Bonchev–Trinajstić information content (AvgIpc) is 2.65. The van der Waals surface area contributed by atoms with E-state index in [1.807, 2.05) is 36.3 Å². The molecule has 0 aliphatic carbocycles. The quantitative estimate of drug-likeness (QED) is 0.862. The van der Waals surface area contributed by atoms with Gasteiger partial charge in [0.25, 0.3) is 0 Å². The summed E-state index contributed by atoms with van der Waals surface area (Å²) >= 11 is 2.23. The maximum atomic E-state index is 4.22. The molecule has 4 nitrogen and oxygen atoms in total. The third kappa shape index (κ3) is 1.87. The van der Waals surface area contributed by atoms with Gasteiger partial charge in [-0.15, -0.1) is 0 Å². The first-order chi connectivity index (χ1) is 6.79. The maximum Gasteiger partial charge on any atom is 0.127 e. The summed E-state index contributed by atoms with van der Waals surface area (Å²) in [6, 6.07) is 3.87. The standard InChI is InChI=1S/C9H9IN4/c1-11-9-4-8(2-3-12-9)14-6-7(10)5-13-14/h2-6H,1H3,(H,11,12). The molecule has 0 unspecified atom stereocenters. The highest BCUT2D eigenvalue weighted by molar-refractivity contribution is 14.1. The second-order valence-electron chi connectivity index (χ2n) is 2.75. The van der Waals surface area contributed by atoms with Crippen LogP contribution in [0.4, 0.5) is 5.82 Å². The summed E-state index contributed by atoms with van der Waals surface area (Å²) in [5.41, 5.74) is 1.01. The average molecular weight is 300 g/mol. The Bertz CT molecular complexity index is 438. The molecule has 2 aromatic heterocycles. The minimum Gasteiger partial charge on any atom is -0.373 e. The highest BCUT2D eigenvalue weighted by Crippen LogP contribution is 2.12. The van der Waals surface area contributed by atoms with Crippen molar-refractivity contribution in [3.63, 3.8) is 0 Å². The lowest BCUT2D eigenvalue weighted by Gasteiger charge is -2.03. The van der Waals surface area contributed by atoms with E-state index in [1.54, 1.807) is 6.20 Å². The normalized spacial score (nSPS) is 10.1. The van der Waals surface area contributed by atoms with E-state index in [0.29, 0.717) is 0 Å². The molecule has 0 saturated carbocycles. The van der Waals surface area contributed by atoms with Crippen LogP contribution >= 0.6 is 22.6 Å². The second kappa shape index (κ2) is 3.95. The number of halogens is 1. The maximum absolute atomic E-state index is 4.22. The molecular formula is C9H9IN4. The molecule has 0 aliphatic heterocycles. The van der Waals surface area contributed by atoms with Crippen LogP contribution in [0, 0.1) is 3.57 Å². The summed E-state index contributed by atoms with van der Waals surface area (Å²) in [7, 11) is 1.85.